The highest BCUT2D eigenvalue weighted by Crippen LogP contribution is 2.43. The summed E-state index contributed by atoms with van der Waals surface area (Å²) in [6.45, 7) is 3.46. The van der Waals surface area contributed by atoms with Crippen LogP contribution in [0.2, 0.25) is 0 Å². The van der Waals surface area contributed by atoms with Crippen molar-refractivity contribution < 1.29 is 37.6 Å². The zero-order chi connectivity index (χ0) is 38.2. The van der Waals surface area contributed by atoms with Gasteiger partial charge in [0.05, 0.1) is 13.2 Å². The molecule has 0 aliphatic rings. The number of ether oxygens (including phenoxy) is 2. The monoisotopic (exact) mass is 747 g/mol. The lowest BCUT2D eigenvalue weighted by Crippen LogP contribution is -2.29. The first kappa shape index (κ1) is 49.2. The van der Waals surface area contributed by atoms with Gasteiger partial charge in [0, 0.05) is 19.4 Å². The molecule has 0 aromatic rings. The van der Waals surface area contributed by atoms with Crippen LogP contribution in [0.3, 0.4) is 0 Å². The molecule has 0 saturated heterocycles. The second-order valence-corrected chi connectivity index (χ2v) is 13.9. The third-order valence-corrected chi connectivity index (χ3v) is 8.50. The number of carbonyl (C=O) groups excluding carboxylic acids is 2. The molecule has 0 aromatic carbocycles. The summed E-state index contributed by atoms with van der Waals surface area (Å²) < 4.78 is 32.6. The summed E-state index contributed by atoms with van der Waals surface area (Å²) >= 11 is 0. The molecule has 52 heavy (non-hydrogen) atoms. The van der Waals surface area contributed by atoms with Gasteiger partial charge in [0.25, 0.3) is 0 Å². The summed E-state index contributed by atoms with van der Waals surface area (Å²) in [5, 5.41) is 0. The van der Waals surface area contributed by atoms with Crippen LogP contribution in [-0.2, 0) is 32.7 Å². The van der Waals surface area contributed by atoms with Crippen LogP contribution in [-0.4, -0.2) is 49.3 Å². The molecule has 0 aromatic heterocycles. The number of phosphoric ester groups is 1. The van der Waals surface area contributed by atoms with Crippen molar-refractivity contribution in [2.45, 2.75) is 142 Å². The molecule has 3 N–H and O–H groups in total. The van der Waals surface area contributed by atoms with Gasteiger partial charge < -0.3 is 20.1 Å². The molecule has 0 spiro atoms. The normalized spacial score (nSPS) is 14.3. The Labute approximate surface area is 315 Å². The van der Waals surface area contributed by atoms with Crippen molar-refractivity contribution in [3.05, 3.63) is 85.1 Å². The first-order valence-corrected chi connectivity index (χ1v) is 21.1. The van der Waals surface area contributed by atoms with E-state index in [0.717, 1.165) is 77.0 Å². The van der Waals surface area contributed by atoms with Gasteiger partial charge in [0.15, 0.2) is 6.10 Å². The van der Waals surface area contributed by atoms with Crippen molar-refractivity contribution >= 4 is 19.8 Å². The fourth-order valence-electron chi connectivity index (χ4n) is 4.63. The summed E-state index contributed by atoms with van der Waals surface area (Å²) in [6, 6.07) is 0. The van der Waals surface area contributed by atoms with E-state index in [4.69, 9.17) is 24.3 Å². The Morgan fingerprint density at radius 3 is 1.63 bits per heavy atom. The quantitative estimate of drug-likeness (QED) is 0.0281. The molecule has 0 saturated carbocycles. The van der Waals surface area contributed by atoms with Crippen LogP contribution in [0.25, 0.3) is 0 Å². The Morgan fingerprint density at radius 1 is 0.596 bits per heavy atom. The number of rotatable bonds is 35. The molecular weight excluding hydrogens is 677 g/mol. The Balaban J connectivity index is 4.37. The number of carbonyl (C=O) groups is 2. The molecule has 0 bridgehead atoms. The van der Waals surface area contributed by atoms with Gasteiger partial charge in [-0.05, 0) is 77.0 Å². The Kier molecular flexibility index (Phi) is 35.9. The molecule has 0 aliphatic heterocycles. The minimum Gasteiger partial charge on any atom is -0.462 e. The first-order chi connectivity index (χ1) is 25.3. The lowest BCUT2D eigenvalue weighted by Gasteiger charge is -2.19. The van der Waals surface area contributed by atoms with Gasteiger partial charge >= 0.3 is 19.8 Å². The van der Waals surface area contributed by atoms with Crippen LogP contribution in [0.5, 0.6) is 0 Å². The topological polar surface area (TPSA) is 134 Å². The van der Waals surface area contributed by atoms with E-state index in [9.17, 15) is 19.0 Å². The Hall–Kier alpha value is -2.81. The Morgan fingerprint density at radius 2 is 1.08 bits per heavy atom. The first-order valence-electron chi connectivity index (χ1n) is 19.6. The highest BCUT2D eigenvalue weighted by Gasteiger charge is 2.25. The molecule has 0 rings (SSSR count). The number of phosphoric acid groups is 1. The van der Waals surface area contributed by atoms with E-state index >= 15 is 0 Å². The fourth-order valence-corrected chi connectivity index (χ4v) is 5.39. The van der Waals surface area contributed by atoms with E-state index in [1.165, 1.54) is 12.8 Å². The minimum atomic E-state index is -4.40. The lowest BCUT2D eigenvalue weighted by atomic mass is 10.1. The van der Waals surface area contributed by atoms with Gasteiger partial charge in [0.1, 0.15) is 6.61 Å². The maximum Gasteiger partial charge on any atom is 0.472 e. The van der Waals surface area contributed by atoms with Crippen molar-refractivity contribution in [1.82, 2.24) is 0 Å². The molecule has 0 radical (unpaired) electrons. The highest BCUT2D eigenvalue weighted by molar-refractivity contribution is 7.47. The van der Waals surface area contributed by atoms with E-state index < -0.39 is 32.5 Å². The molecule has 10 heteroatoms. The maximum atomic E-state index is 12.5. The van der Waals surface area contributed by atoms with E-state index in [1.54, 1.807) is 0 Å². The lowest BCUT2D eigenvalue weighted by molar-refractivity contribution is -0.161. The molecule has 0 heterocycles. The van der Waals surface area contributed by atoms with Crippen LogP contribution in [0.1, 0.15) is 136 Å². The summed E-state index contributed by atoms with van der Waals surface area (Å²) in [4.78, 5) is 34.7. The second kappa shape index (κ2) is 37.9. The van der Waals surface area contributed by atoms with Crippen LogP contribution in [0, 0.1) is 0 Å². The Bertz CT molecular complexity index is 1130. The number of nitrogens with two attached hydrogens (primary N) is 1. The van der Waals surface area contributed by atoms with Gasteiger partial charge in [-0.25, -0.2) is 4.57 Å². The van der Waals surface area contributed by atoms with Crippen LogP contribution < -0.4 is 5.73 Å². The largest absolute Gasteiger partial charge is 0.472 e. The highest BCUT2D eigenvalue weighted by atomic mass is 31.2. The molecule has 9 nitrogen and oxygen atoms in total. The average Bonchev–Trinajstić information content (AvgIpc) is 3.13. The van der Waals surface area contributed by atoms with Crippen molar-refractivity contribution in [3.8, 4) is 0 Å². The van der Waals surface area contributed by atoms with Crippen LogP contribution in [0.4, 0.5) is 0 Å². The molecule has 2 atom stereocenters. The molecule has 0 amide bonds. The van der Waals surface area contributed by atoms with Gasteiger partial charge in [0.2, 0.25) is 0 Å². The van der Waals surface area contributed by atoms with Crippen LogP contribution in [0.15, 0.2) is 85.1 Å². The SMILES string of the molecule is CC/C=C\C/C=C\C/C=C\C/C=C\C/C=C\CCCC(=O)O[C@H](COC(=O)CCCCCCC/C=C\C/C=C\CCCC)COP(=O)(O)OCCN. The summed E-state index contributed by atoms with van der Waals surface area (Å²) in [6.07, 6.45) is 46.2. The van der Waals surface area contributed by atoms with Crippen molar-refractivity contribution in [3.63, 3.8) is 0 Å². The van der Waals surface area contributed by atoms with Gasteiger partial charge in [-0.3, -0.25) is 18.6 Å². The second-order valence-electron chi connectivity index (χ2n) is 12.4. The summed E-state index contributed by atoms with van der Waals surface area (Å²) in [5.74, 6) is -0.924. The summed E-state index contributed by atoms with van der Waals surface area (Å²) in [7, 11) is -4.40. The number of hydrogen-bond acceptors (Lipinski definition) is 8. The molecule has 0 aliphatic carbocycles. The average molecular weight is 748 g/mol. The minimum absolute atomic E-state index is 0.0376. The zero-order valence-electron chi connectivity index (χ0n) is 32.3. The fraction of sp³-hybridized carbons (Fsp3) is 0.619. The van der Waals surface area contributed by atoms with Crippen molar-refractivity contribution in [2.75, 3.05) is 26.4 Å². The number of unbranched alkanes of at least 4 members (excludes halogenated alkanes) is 8. The summed E-state index contributed by atoms with van der Waals surface area (Å²) in [5.41, 5.74) is 5.33. The van der Waals surface area contributed by atoms with E-state index in [-0.39, 0.29) is 32.6 Å². The van der Waals surface area contributed by atoms with Gasteiger partial charge in [-0.1, -0.05) is 131 Å². The van der Waals surface area contributed by atoms with Gasteiger partial charge in [-0.2, -0.15) is 0 Å². The molecule has 296 valence electrons. The number of esters is 2. The molecule has 0 fully saturated rings. The standard InChI is InChI=1S/C42H70NO8P/c1-3-5-7-9-11-13-15-17-19-20-21-23-25-27-29-31-33-35-42(45)51-40(39-50-52(46,47)49-37-36-43)38-48-41(44)34-32-30-28-26-24-22-18-16-14-12-10-8-6-4-2/h5,7,10-13,16-19,21,23,27,29,40H,3-4,6,8-9,14-15,20,22,24-26,28,30-39,43H2,1-2H3,(H,46,47)/b7-5-,12-10-,13-11-,18-16-,19-17-,23-21-,29-27-/t40-/m1/s1. The van der Waals surface area contributed by atoms with E-state index in [0.29, 0.717) is 19.3 Å². The van der Waals surface area contributed by atoms with Crippen molar-refractivity contribution in [2.24, 2.45) is 5.73 Å². The maximum absolute atomic E-state index is 12.5. The smallest absolute Gasteiger partial charge is 0.462 e. The van der Waals surface area contributed by atoms with E-state index in [2.05, 4.69) is 92.8 Å². The predicted molar refractivity (Wildman–Crippen MR) is 215 cm³/mol. The van der Waals surface area contributed by atoms with Gasteiger partial charge in [-0.15, -0.1) is 0 Å². The number of hydrogen-bond donors (Lipinski definition) is 2. The van der Waals surface area contributed by atoms with Crippen molar-refractivity contribution in [1.29, 1.82) is 0 Å². The predicted octanol–water partition coefficient (Wildman–Crippen LogP) is 10.9. The molecular formula is C42H70NO8P. The van der Waals surface area contributed by atoms with Crippen LogP contribution >= 0.6 is 7.82 Å². The number of allylic oxidation sites excluding steroid dienone is 14. The van der Waals surface area contributed by atoms with E-state index in [1.807, 2.05) is 6.08 Å². The molecule has 1 unspecified atom stereocenters. The third kappa shape index (κ3) is 37.0. The zero-order valence-corrected chi connectivity index (χ0v) is 33.1. The third-order valence-electron chi connectivity index (χ3n) is 7.52.